The smallest absolute Gasteiger partial charge is 0.112 e. The first-order chi connectivity index (χ1) is 6.68. The standard InChI is InChI=1S/C11H18N2S/c1-11(2,10-12-7-8-14-10)13-9-5-3-4-6-9/h7-9,13H,3-6H2,1-2H3. The monoisotopic (exact) mass is 210 g/mol. The third-order valence-corrected chi connectivity index (χ3v) is 3.98. The first kappa shape index (κ1) is 10.1. The third kappa shape index (κ3) is 2.15. The van der Waals surface area contributed by atoms with Crippen molar-refractivity contribution in [3.63, 3.8) is 0 Å². The number of nitrogens with one attached hydrogen (secondary N) is 1. The summed E-state index contributed by atoms with van der Waals surface area (Å²) in [6.45, 7) is 4.45. The predicted octanol–water partition coefficient (Wildman–Crippen LogP) is 2.91. The number of hydrogen-bond donors (Lipinski definition) is 1. The minimum atomic E-state index is 0.0448. The van der Waals surface area contributed by atoms with E-state index in [9.17, 15) is 0 Å². The lowest BCUT2D eigenvalue weighted by atomic mass is 10.0. The number of rotatable bonds is 3. The maximum atomic E-state index is 4.39. The molecule has 3 heteroatoms. The Labute approximate surface area is 89.8 Å². The van der Waals surface area contributed by atoms with Crippen LogP contribution in [0.15, 0.2) is 11.6 Å². The zero-order chi connectivity index (χ0) is 10.0. The molecule has 1 aromatic heterocycles. The van der Waals surface area contributed by atoms with E-state index in [1.165, 1.54) is 30.7 Å². The molecule has 1 fully saturated rings. The molecule has 0 unspecified atom stereocenters. The van der Waals surface area contributed by atoms with E-state index in [2.05, 4.69) is 24.1 Å². The molecule has 0 aliphatic heterocycles. The van der Waals surface area contributed by atoms with E-state index in [0.717, 1.165) is 0 Å². The van der Waals surface area contributed by atoms with Gasteiger partial charge in [-0.25, -0.2) is 4.98 Å². The minimum absolute atomic E-state index is 0.0448. The fourth-order valence-corrected chi connectivity index (χ4v) is 2.90. The van der Waals surface area contributed by atoms with E-state index in [-0.39, 0.29) is 5.54 Å². The summed E-state index contributed by atoms with van der Waals surface area (Å²) in [6.07, 6.45) is 7.30. The zero-order valence-corrected chi connectivity index (χ0v) is 9.73. The first-order valence-corrected chi connectivity index (χ1v) is 6.24. The Morgan fingerprint density at radius 1 is 1.43 bits per heavy atom. The van der Waals surface area contributed by atoms with E-state index < -0.39 is 0 Å². The molecule has 1 aliphatic carbocycles. The third-order valence-electron chi connectivity index (χ3n) is 2.89. The van der Waals surface area contributed by atoms with E-state index >= 15 is 0 Å². The molecule has 0 atom stereocenters. The summed E-state index contributed by atoms with van der Waals surface area (Å²) >= 11 is 1.74. The van der Waals surface area contributed by atoms with Crippen LogP contribution < -0.4 is 5.32 Å². The number of aromatic nitrogens is 1. The Hall–Kier alpha value is -0.410. The Morgan fingerprint density at radius 3 is 2.71 bits per heavy atom. The summed E-state index contributed by atoms with van der Waals surface area (Å²) in [6, 6.07) is 0.703. The SMILES string of the molecule is CC(C)(NC1CCCC1)c1nccs1. The van der Waals surface area contributed by atoms with Gasteiger partial charge in [-0.2, -0.15) is 0 Å². The Morgan fingerprint density at radius 2 is 2.14 bits per heavy atom. The van der Waals surface area contributed by atoms with Crippen LogP contribution in [0.25, 0.3) is 0 Å². The van der Waals surface area contributed by atoms with Gasteiger partial charge in [0.15, 0.2) is 0 Å². The molecule has 0 amide bonds. The molecule has 0 bridgehead atoms. The topological polar surface area (TPSA) is 24.9 Å². The second-order valence-corrected chi connectivity index (χ2v) is 5.48. The fourth-order valence-electron chi connectivity index (χ4n) is 2.17. The summed E-state index contributed by atoms with van der Waals surface area (Å²) in [5.74, 6) is 0. The maximum Gasteiger partial charge on any atom is 0.112 e. The minimum Gasteiger partial charge on any atom is -0.303 e. The Bertz CT molecular complexity index is 273. The first-order valence-electron chi connectivity index (χ1n) is 5.36. The summed E-state index contributed by atoms with van der Waals surface area (Å²) in [5.41, 5.74) is 0.0448. The normalized spacial score (nSPS) is 19.0. The molecule has 1 saturated carbocycles. The molecule has 0 aromatic carbocycles. The summed E-state index contributed by atoms with van der Waals surface area (Å²) in [5, 5.41) is 6.95. The predicted molar refractivity (Wildman–Crippen MR) is 60.5 cm³/mol. The molecule has 2 rings (SSSR count). The molecule has 1 N–H and O–H groups in total. The molecule has 78 valence electrons. The summed E-state index contributed by atoms with van der Waals surface area (Å²) in [4.78, 5) is 4.39. The van der Waals surface area contributed by atoms with Gasteiger partial charge in [-0.3, -0.25) is 0 Å². The van der Waals surface area contributed by atoms with Gasteiger partial charge in [0, 0.05) is 17.6 Å². The van der Waals surface area contributed by atoms with E-state index in [0.29, 0.717) is 6.04 Å². The average molecular weight is 210 g/mol. The molecule has 1 heterocycles. The summed E-state index contributed by atoms with van der Waals surface area (Å²) in [7, 11) is 0. The molecule has 14 heavy (non-hydrogen) atoms. The molecule has 1 aromatic rings. The van der Waals surface area contributed by atoms with Crippen molar-refractivity contribution in [2.45, 2.75) is 51.1 Å². The molecular weight excluding hydrogens is 192 g/mol. The highest BCUT2D eigenvalue weighted by Crippen LogP contribution is 2.26. The molecule has 0 saturated heterocycles. The van der Waals surface area contributed by atoms with Crippen molar-refractivity contribution in [2.24, 2.45) is 0 Å². The lowest BCUT2D eigenvalue weighted by Gasteiger charge is -2.28. The summed E-state index contributed by atoms with van der Waals surface area (Å²) < 4.78 is 0. The number of hydrogen-bond acceptors (Lipinski definition) is 3. The Balaban J connectivity index is 2.01. The number of thiazole rings is 1. The van der Waals surface area contributed by atoms with Crippen LogP contribution in [-0.2, 0) is 5.54 Å². The Kier molecular flexibility index (Phi) is 2.88. The van der Waals surface area contributed by atoms with Gasteiger partial charge in [0.25, 0.3) is 0 Å². The second kappa shape index (κ2) is 3.99. The van der Waals surface area contributed by atoms with Gasteiger partial charge in [0.1, 0.15) is 5.01 Å². The van der Waals surface area contributed by atoms with E-state index in [4.69, 9.17) is 0 Å². The lowest BCUT2D eigenvalue weighted by Crippen LogP contribution is -2.42. The highest BCUT2D eigenvalue weighted by molar-refractivity contribution is 7.09. The van der Waals surface area contributed by atoms with Crippen LogP contribution in [0, 0.1) is 0 Å². The fraction of sp³-hybridized carbons (Fsp3) is 0.727. The van der Waals surface area contributed by atoms with Crippen LogP contribution in [0.2, 0.25) is 0 Å². The van der Waals surface area contributed by atoms with E-state index in [1.807, 2.05) is 11.6 Å². The molecule has 2 nitrogen and oxygen atoms in total. The highest BCUT2D eigenvalue weighted by atomic mass is 32.1. The van der Waals surface area contributed by atoms with Crippen molar-refractivity contribution >= 4 is 11.3 Å². The molecule has 0 spiro atoms. The van der Waals surface area contributed by atoms with Crippen LogP contribution in [-0.4, -0.2) is 11.0 Å². The van der Waals surface area contributed by atoms with Gasteiger partial charge in [-0.05, 0) is 26.7 Å². The van der Waals surface area contributed by atoms with Crippen LogP contribution >= 0.6 is 11.3 Å². The highest BCUT2D eigenvalue weighted by Gasteiger charge is 2.27. The van der Waals surface area contributed by atoms with E-state index in [1.54, 1.807) is 11.3 Å². The van der Waals surface area contributed by atoms with Crippen molar-refractivity contribution in [3.8, 4) is 0 Å². The van der Waals surface area contributed by atoms with Crippen molar-refractivity contribution in [2.75, 3.05) is 0 Å². The zero-order valence-electron chi connectivity index (χ0n) is 8.92. The quantitative estimate of drug-likeness (QED) is 0.829. The van der Waals surface area contributed by atoms with Gasteiger partial charge in [0.2, 0.25) is 0 Å². The van der Waals surface area contributed by atoms with Crippen LogP contribution in [0.4, 0.5) is 0 Å². The molecule has 1 aliphatic rings. The van der Waals surface area contributed by atoms with Crippen molar-refractivity contribution in [1.82, 2.24) is 10.3 Å². The van der Waals surface area contributed by atoms with Gasteiger partial charge >= 0.3 is 0 Å². The van der Waals surface area contributed by atoms with Gasteiger partial charge < -0.3 is 5.32 Å². The van der Waals surface area contributed by atoms with Crippen LogP contribution in [0.3, 0.4) is 0 Å². The molecule has 0 radical (unpaired) electrons. The van der Waals surface area contributed by atoms with Gasteiger partial charge in [-0.1, -0.05) is 12.8 Å². The number of nitrogens with zero attached hydrogens (tertiary/aromatic N) is 1. The van der Waals surface area contributed by atoms with Gasteiger partial charge in [-0.15, -0.1) is 11.3 Å². The molecular formula is C11H18N2S. The second-order valence-electron chi connectivity index (χ2n) is 4.59. The van der Waals surface area contributed by atoms with Crippen molar-refractivity contribution in [1.29, 1.82) is 0 Å². The largest absolute Gasteiger partial charge is 0.303 e. The van der Waals surface area contributed by atoms with Crippen molar-refractivity contribution < 1.29 is 0 Å². The van der Waals surface area contributed by atoms with Gasteiger partial charge in [0.05, 0.1) is 5.54 Å². The maximum absolute atomic E-state index is 4.39. The average Bonchev–Trinajstić information content (AvgIpc) is 2.71. The lowest BCUT2D eigenvalue weighted by molar-refractivity contribution is 0.341. The van der Waals surface area contributed by atoms with Crippen LogP contribution in [0.5, 0.6) is 0 Å². The van der Waals surface area contributed by atoms with Crippen molar-refractivity contribution in [3.05, 3.63) is 16.6 Å². The van der Waals surface area contributed by atoms with Crippen LogP contribution in [0.1, 0.15) is 44.5 Å².